The maximum Gasteiger partial charge on any atom is 0.184 e. The number of nitrogens with two attached hydrogens (primary N) is 1. The summed E-state index contributed by atoms with van der Waals surface area (Å²) in [5, 5.41) is 4.88. The Bertz CT molecular complexity index is 1020. The van der Waals surface area contributed by atoms with E-state index in [9.17, 15) is 0 Å². The number of para-hydroxylation sites is 1. The van der Waals surface area contributed by atoms with Crippen molar-refractivity contribution >= 4 is 52.2 Å². The van der Waals surface area contributed by atoms with Crippen LogP contribution in [0.3, 0.4) is 0 Å². The smallest absolute Gasteiger partial charge is 0.184 e. The predicted octanol–water partition coefficient (Wildman–Crippen LogP) is 2.72. The molecule has 0 radical (unpaired) electrons. The zero-order chi connectivity index (χ0) is 23.4. The number of thiocarbonyl (C=S) groups is 1. The minimum atomic E-state index is -0.268. The molecule has 0 spiro atoms. The van der Waals surface area contributed by atoms with E-state index in [1.54, 1.807) is 12.3 Å². The summed E-state index contributed by atoms with van der Waals surface area (Å²) in [5.41, 5.74) is 11.3. The van der Waals surface area contributed by atoms with Gasteiger partial charge in [-0.05, 0) is 43.5 Å². The Hall–Kier alpha value is -2.62. The molecular weight excluding hydrogens is 461 g/mol. The van der Waals surface area contributed by atoms with Crippen LogP contribution < -0.4 is 25.9 Å². The van der Waals surface area contributed by atoms with Gasteiger partial charge in [0.1, 0.15) is 5.82 Å². The number of piperazine rings is 2. The second-order valence-corrected chi connectivity index (χ2v) is 9.16. The first-order valence-corrected chi connectivity index (χ1v) is 11.8. The Morgan fingerprint density at radius 1 is 0.970 bits per heavy atom. The van der Waals surface area contributed by atoms with Gasteiger partial charge >= 0.3 is 0 Å². The second-order valence-electron chi connectivity index (χ2n) is 8.31. The van der Waals surface area contributed by atoms with Crippen LogP contribution in [0.5, 0.6) is 0 Å². The SMILES string of the molecule is CN1CCN(c2cc(N3CCN(c4ccccc4Cl)CC3)c(F)cc2/C=N/NC(N)=S)CC1. The first kappa shape index (κ1) is 23.5. The number of halogens is 2. The first-order chi connectivity index (χ1) is 15.9. The average molecular weight is 490 g/mol. The minimum Gasteiger partial charge on any atom is -0.375 e. The molecule has 7 nitrogen and oxygen atoms in total. The Morgan fingerprint density at radius 3 is 2.18 bits per heavy atom. The molecule has 2 aliphatic heterocycles. The van der Waals surface area contributed by atoms with Crippen molar-refractivity contribution in [3.63, 3.8) is 0 Å². The van der Waals surface area contributed by atoms with Crippen LogP contribution in [0.2, 0.25) is 5.02 Å². The molecule has 2 aliphatic rings. The molecule has 176 valence electrons. The Kier molecular flexibility index (Phi) is 7.52. The van der Waals surface area contributed by atoms with Gasteiger partial charge < -0.3 is 25.3 Å². The molecule has 0 saturated carbocycles. The summed E-state index contributed by atoms with van der Waals surface area (Å²) in [6.07, 6.45) is 1.58. The molecule has 0 aromatic heterocycles. The number of hydrogen-bond donors (Lipinski definition) is 2. The van der Waals surface area contributed by atoms with Crippen molar-refractivity contribution in [3.05, 3.63) is 52.8 Å². The molecule has 0 aliphatic carbocycles. The van der Waals surface area contributed by atoms with Gasteiger partial charge in [-0.1, -0.05) is 23.7 Å². The summed E-state index contributed by atoms with van der Waals surface area (Å²) in [7, 11) is 2.11. The summed E-state index contributed by atoms with van der Waals surface area (Å²) < 4.78 is 15.3. The van der Waals surface area contributed by atoms with E-state index in [-0.39, 0.29) is 10.9 Å². The lowest BCUT2D eigenvalue weighted by Gasteiger charge is -2.39. The fourth-order valence-corrected chi connectivity index (χ4v) is 4.60. The predicted molar refractivity (Wildman–Crippen MR) is 140 cm³/mol. The Balaban J connectivity index is 1.57. The summed E-state index contributed by atoms with van der Waals surface area (Å²) in [6.45, 7) is 6.59. The lowest BCUT2D eigenvalue weighted by atomic mass is 10.1. The number of benzene rings is 2. The van der Waals surface area contributed by atoms with Crippen LogP contribution >= 0.6 is 23.8 Å². The lowest BCUT2D eigenvalue weighted by molar-refractivity contribution is 0.313. The number of hydrogen-bond acceptors (Lipinski definition) is 6. The number of nitrogens with zero attached hydrogens (tertiary/aromatic N) is 5. The van der Waals surface area contributed by atoms with Crippen LogP contribution in [-0.4, -0.2) is 75.6 Å². The maximum atomic E-state index is 15.3. The summed E-state index contributed by atoms with van der Waals surface area (Å²) in [6, 6.07) is 11.3. The molecule has 0 unspecified atom stereocenters. The van der Waals surface area contributed by atoms with Gasteiger partial charge in [-0.15, -0.1) is 0 Å². The molecule has 2 heterocycles. The van der Waals surface area contributed by atoms with Gasteiger partial charge in [-0.2, -0.15) is 5.10 Å². The molecule has 2 fully saturated rings. The fourth-order valence-electron chi connectivity index (χ4n) is 4.30. The number of hydrazone groups is 1. The molecular formula is C23H29ClFN7S. The molecule has 0 atom stereocenters. The van der Waals surface area contributed by atoms with Crippen molar-refractivity contribution < 1.29 is 4.39 Å². The largest absolute Gasteiger partial charge is 0.375 e. The van der Waals surface area contributed by atoms with Gasteiger partial charge in [0.25, 0.3) is 0 Å². The van der Waals surface area contributed by atoms with Crippen LogP contribution in [0.25, 0.3) is 0 Å². The fraction of sp³-hybridized carbons (Fsp3) is 0.391. The number of anilines is 3. The van der Waals surface area contributed by atoms with Crippen LogP contribution in [0, 0.1) is 5.82 Å². The zero-order valence-corrected chi connectivity index (χ0v) is 20.2. The third kappa shape index (κ3) is 5.66. The summed E-state index contributed by atoms with van der Waals surface area (Å²) >= 11 is 11.2. The highest BCUT2D eigenvalue weighted by molar-refractivity contribution is 7.80. The number of likely N-dealkylation sites (N-methyl/N-ethyl adjacent to an activating group) is 1. The van der Waals surface area contributed by atoms with Gasteiger partial charge in [-0.25, -0.2) is 4.39 Å². The van der Waals surface area contributed by atoms with Gasteiger partial charge in [-0.3, -0.25) is 5.43 Å². The quantitative estimate of drug-likeness (QED) is 0.380. The van der Waals surface area contributed by atoms with E-state index < -0.39 is 0 Å². The van der Waals surface area contributed by atoms with Crippen molar-refractivity contribution in [3.8, 4) is 0 Å². The standard InChI is InChI=1S/C23H29ClFN7S/c1-29-6-8-31(9-7-29)21-15-22(19(25)14-17(21)16-27-28-23(26)33)32-12-10-30(11-13-32)20-5-3-2-4-18(20)24/h2-5,14-16H,6-13H2,1H3,(H3,26,28,33)/b27-16+. The molecule has 10 heteroatoms. The topological polar surface area (TPSA) is 63.4 Å². The molecule has 4 rings (SSSR count). The zero-order valence-electron chi connectivity index (χ0n) is 18.7. The van der Waals surface area contributed by atoms with Crippen molar-refractivity contribution in [2.45, 2.75) is 0 Å². The summed E-state index contributed by atoms with van der Waals surface area (Å²) in [4.78, 5) is 8.93. The first-order valence-electron chi connectivity index (χ1n) is 11.0. The second kappa shape index (κ2) is 10.5. The summed E-state index contributed by atoms with van der Waals surface area (Å²) in [5.74, 6) is -0.268. The van der Waals surface area contributed by atoms with Crippen molar-refractivity contribution in [1.29, 1.82) is 0 Å². The Morgan fingerprint density at radius 2 is 1.55 bits per heavy atom. The van der Waals surface area contributed by atoms with Gasteiger partial charge in [0, 0.05) is 63.6 Å². The van der Waals surface area contributed by atoms with E-state index in [0.29, 0.717) is 24.3 Å². The lowest BCUT2D eigenvalue weighted by Crippen LogP contribution is -2.47. The molecule has 0 amide bonds. The van der Waals surface area contributed by atoms with Crippen molar-refractivity contribution in [2.75, 3.05) is 74.1 Å². The molecule has 2 aromatic rings. The third-order valence-corrected chi connectivity index (χ3v) is 6.54. The van der Waals surface area contributed by atoms with E-state index >= 15 is 4.39 Å². The van der Waals surface area contributed by atoms with Crippen molar-refractivity contribution in [2.24, 2.45) is 10.8 Å². The monoisotopic (exact) mass is 489 g/mol. The highest BCUT2D eigenvalue weighted by atomic mass is 35.5. The van der Waals surface area contributed by atoms with Crippen molar-refractivity contribution in [1.82, 2.24) is 10.3 Å². The van der Waals surface area contributed by atoms with Crippen LogP contribution in [0.4, 0.5) is 21.5 Å². The average Bonchev–Trinajstić information content (AvgIpc) is 2.80. The van der Waals surface area contributed by atoms with E-state index in [1.807, 2.05) is 30.3 Å². The van der Waals surface area contributed by atoms with Gasteiger partial charge in [0.2, 0.25) is 0 Å². The third-order valence-electron chi connectivity index (χ3n) is 6.13. The van der Waals surface area contributed by atoms with E-state index in [4.69, 9.17) is 29.6 Å². The molecule has 0 bridgehead atoms. The highest BCUT2D eigenvalue weighted by Gasteiger charge is 2.24. The minimum absolute atomic E-state index is 0.0703. The van der Waals surface area contributed by atoms with Gasteiger partial charge in [0.15, 0.2) is 5.11 Å². The van der Waals surface area contributed by atoms with Crippen LogP contribution in [0.1, 0.15) is 5.56 Å². The Labute approximate surface area is 204 Å². The molecule has 33 heavy (non-hydrogen) atoms. The van der Waals surface area contributed by atoms with Gasteiger partial charge in [0.05, 0.1) is 22.6 Å². The highest BCUT2D eigenvalue weighted by Crippen LogP contribution is 2.32. The normalized spacial score (nSPS) is 17.6. The number of nitrogens with one attached hydrogen (secondary N) is 1. The number of rotatable bonds is 5. The maximum absolute atomic E-state index is 15.3. The molecule has 2 saturated heterocycles. The van der Waals surface area contributed by atoms with Crippen LogP contribution in [0.15, 0.2) is 41.5 Å². The van der Waals surface area contributed by atoms with E-state index in [2.05, 4.69) is 37.2 Å². The van der Waals surface area contributed by atoms with E-state index in [1.165, 1.54) is 0 Å². The van der Waals surface area contributed by atoms with Crippen LogP contribution in [-0.2, 0) is 0 Å². The molecule has 3 N–H and O–H groups in total. The van der Waals surface area contributed by atoms with E-state index in [0.717, 1.165) is 55.7 Å². The molecule has 2 aromatic carbocycles.